The van der Waals surface area contributed by atoms with Gasteiger partial charge in [0.2, 0.25) is 0 Å². The fourth-order valence-electron chi connectivity index (χ4n) is 0.500. The second-order valence-corrected chi connectivity index (χ2v) is 2.00. The van der Waals surface area contributed by atoms with Gasteiger partial charge in [0.25, 0.3) is 0 Å². The number of allylic oxidation sites excluding steroid dienone is 4. The molecule has 0 heterocycles. The van der Waals surface area contributed by atoms with Crippen LogP contribution in [0.1, 0.15) is 13.8 Å². The molecule has 0 aromatic rings. The van der Waals surface area contributed by atoms with Crippen LogP contribution in [0.3, 0.4) is 0 Å². The molecule has 0 radical (unpaired) electrons. The van der Waals surface area contributed by atoms with Crippen LogP contribution in [0.5, 0.6) is 0 Å². The zero-order valence-corrected chi connectivity index (χ0v) is 6.65. The molecule has 0 aromatic carbocycles. The summed E-state index contributed by atoms with van der Waals surface area (Å²) in [4.78, 5) is 0. The molecule has 0 saturated carbocycles. The molecule has 0 fully saturated rings. The molecule has 58 valence electrons. The highest BCUT2D eigenvalue weighted by atomic mass is 19.1. The van der Waals surface area contributed by atoms with Crippen LogP contribution in [0, 0.1) is 0 Å². The second kappa shape index (κ2) is 5.03. The van der Waals surface area contributed by atoms with Gasteiger partial charge in [-0.05, 0) is 19.4 Å². The lowest BCUT2D eigenvalue weighted by Crippen LogP contribution is -1.83. The summed E-state index contributed by atoms with van der Waals surface area (Å²) in [6.45, 7) is 3.30. The van der Waals surface area contributed by atoms with Crippen molar-refractivity contribution in [2.75, 3.05) is 13.8 Å². The van der Waals surface area contributed by atoms with Crippen LogP contribution < -0.4 is 0 Å². The molecule has 0 aliphatic carbocycles. The Morgan fingerprint density at radius 3 is 2.50 bits per heavy atom. The van der Waals surface area contributed by atoms with Crippen molar-refractivity contribution in [1.29, 1.82) is 0 Å². The van der Waals surface area contributed by atoms with E-state index in [1.807, 2.05) is 13.8 Å². The Morgan fingerprint density at radius 2 is 2.10 bits per heavy atom. The van der Waals surface area contributed by atoms with E-state index in [4.69, 9.17) is 4.74 Å². The van der Waals surface area contributed by atoms with E-state index in [-0.39, 0.29) is 0 Å². The van der Waals surface area contributed by atoms with Crippen LogP contribution in [0.4, 0.5) is 4.39 Å². The second-order valence-electron chi connectivity index (χ2n) is 2.00. The molecule has 0 aliphatic rings. The number of rotatable bonds is 3. The maximum Gasteiger partial charge on any atom is 0.108 e. The molecule has 0 rings (SSSR count). The van der Waals surface area contributed by atoms with Gasteiger partial charge in [-0.25, -0.2) is 4.39 Å². The number of alkyl halides is 1. The first-order chi connectivity index (χ1) is 4.72. The predicted octanol–water partition coefficient (Wildman–Crippen LogP) is 2.45. The first kappa shape index (κ1) is 9.21. The summed E-state index contributed by atoms with van der Waals surface area (Å²) < 4.78 is 16.5. The van der Waals surface area contributed by atoms with Crippen molar-refractivity contribution >= 4 is 0 Å². The summed E-state index contributed by atoms with van der Waals surface area (Å²) in [5.41, 5.74) is 0.958. The quantitative estimate of drug-likeness (QED) is 0.436. The summed E-state index contributed by atoms with van der Waals surface area (Å²) in [5, 5.41) is 0. The summed E-state index contributed by atoms with van der Waals surface area (Å²) in [7, 11) is 1.60. The van der Waals surface area contributed by atoms with E-state index in [0.29, 0.717) is 0 Å². The van der Waals surface area contributed by atoms with Gasteiger partial charge >= 0.3 is 0 Å². The molecule has 0 N–H and O–H groups in total. The zero-order valence-electron chi connectivity index (χ0n) is 6.65. The van der Waals surface area contributed by atoms with Gasteiger partial charge in [-0.1, -0.05) is 12.2 Å². The highest BCUT2D eigenvalue weighted by Crippen LogP contribution is 2.04. The molecular formula is C8H13FO. The van der Waals surface area contributed by atoms with Gasteiger partial charge in [0.15, 0.2) is 0 Å². The number of halogens is 1. The Morgan fingerprint density at radius 1 is 1.50 bits per heavy atom. The molecule has 0 spiro atoms. The fraction of sp³-hybridized carbons (Fsp3) is 0.500. The summed E-state index contributed by atoms with van der Waals surface area (Å²) in [6.07, 6.45) is 3.16. The molecule has 1 nitrogen and oxygen atoms in total. The van der Waals surface area contributed by atoms with Gasteiger partial charge < -0.3 is 4.74 Å². The van der Waals surface area contributed by atoms with Gasteiger partial charge in [-0.2, -0.15) is 0 Å². The van der Waals surface area contributed by atoms with Crippen LogP contribution in [0.15, 0.2) is 23.5 Å². The number of hydrogen-bond donors (Lipinski definition) is 0. The molecule has 0 aliphatic heterocycles. The van der Waals surface area contributed by atoms with Gasteiger partial charge in [-0.15, -0.1) is 0 Å². The van der Waals surface area contributed by atoms with Gasteiger partial charge in [-0.3, -0.25) is 0 Å². The lowest BCUT2D eigenvalue weighted by molar-refractivity contribution is 0.290. The lowest BCUT2D eigenvalue weighted by Gasteiger charge is -2.00. The Kier molecular flexibility index (Phi) is 4.63. The minimum Gasteiger partial charge on any atom is -0.501 e. The number of ether oxygens (including phenoxy) is 1. The number of hydrogen-bond acceptors (Lipinski definition) is 1. The predicted molar refractivity (Wildman–Crippen MR) is 40.5 cm³/mol. The largest absolute Gasteiger partial charge is 0.501 e. The summed E-state index contributed by atoms with van der Waals surface area (Å²) in [6, 6.07) is 0. The smallest absolute Gasteiger partial charge is 0.108 e. The van der Waals surface area contributed by atoms with E-state index in [0.717, 1.165) is 11.3 Å². The first-order valence-corrected chi connectivity index (χ1v) is 3.16. The minimum absolute atomic E-state index is 0.422. The van der Waals surface area contributed by atoms with E-state index in [1.165, 1.54) is 6.08 Å². The van der Waals surface area contributed by atoms with E-state index >= 15 is 0 Å². The molecule has 0 bridgehead atoms. The fourth-order valence-corrected chi connectivity index (χ4v) is 0.500. The maximum absolute atomic E-state index is 11.6. The van der Waals surface area contributed by atoms with Crippen molar-refractivity contribution in [2.24, 2.45) is 0 Å². The monoisotopic (exact) mass is 144 g/mol. The van der Waals surface area contributed by atoms with E-state index in [1.54, 1.807) is 13.2 Å². The van der Waals surface area contributed by atoms with Crippen molar-refractivity contribution in [2.45, 2.75) is 13.8 Å². The highest BCUT2D eigenvalue weighted by Gasteiger charge is 1.88. The van der Waals surface area contributed by atoms with E-state index in [9.17, 15) is 4.39 Å². The third-order valence-electron chi connectivity index (χ3n) is 1.32. The lowest BCUT2D eigenvalue weighted by atomic mass is 10.2. The third kappa shape index (κ3) is 3.28. The van der Waals surface area contributed by atoms with Crippen molar-refractivity contribution in [3.05, 3.63) is 23.5 Å². The molecular weight excluding hydrogens is 131 g/mol. The molecule has 0 atom stereocenters. The maximum atomic E-state index is 11.6. The minimum atomic E-state index is -0.422. The Hall–Kier alpha value is -0.790. The highest BCUT2D eigenvalue weighted by molar-refractivity contribution is 5.18. The van der Waals surface area contributed by atoms with Crippen molar-refractivity contribution in [3.8, 4) is 0 Å². The average Bonchev–Trinajstić information content (AvgIpc) is 1.98. The normalized spacial score (nSPS) is 13.6. The van der Waals surface area contributed by atoms with Crippen LogP contribution in [0.2, 0.25) is 0 Å². The average molecular weight is 144 g/mol. The Bertz CT molecular complexity index is 147. The van der Waals surface area contributed by atoms with Crippen LogP contribution in [0.25, 0.3) is 0 Å². The number of methoxy groups -OCH3 is 1. The summed E-state index contributed by atoms with van der Waals surface area (Å²) >= 11 is 0. The molecule has 2 heteroatoms. The Balaban J connectivity index is 4.04. The van der Waals surface area contributed by atoms with Crippen molar-refractivity contribution in [3.63, 3.8) is 0 Å². The van der Waals surface area contributed by atoms with Crippen molar-refractivity contribution in [1.82, 2.24) is 0 Å². The SMILES string of the molecule is CO/C(C)=C(C)/C=C\CF. The first-order valence-electron chi connectivity index (χ1n) is 3.16. The van der Waals surface area contributed by atoms with E-state index in [2.05, 4.69) is 0 Å². The van der Waals surface area contributed by atoms with Crippen molar-refractivity contribution < 1.29 is 9.13 Å². The summed E-state index contributed by atoms with van der Waals surface area (Å²) in [5.74, 6) is 0.824. The molecule has 0 unspecified atom stereocenters. The van der Waals surface area contributed by atoms with Crippen LogP contribution in [-0.4, -0.2) is 13.8 Å². The van der Waals surface area contributed by atoms with Crippen LogP contribution >= 0.6 is 0 Å². The van der Waals surface area contributed by atoms with Gasteiger partial charge in [0, 0.05) is 0 Å². The topological polar surface area (TPSA) is 9.23 Å². The van der Waals surface area contributed by atoms with Crippen LogP contribution in [-0.2, 0) is 4.74 Å². The molecule has 0 amide bonds. The van der Waals surface area contributed by atoms with Gasteiger partial charge in [0.1, 0.15) is 6.67 Å². The van der Waals surface area contributed by atoms with E-state index < -0.39 is 6.67 Å². The Labute approximate surface area is 61.2 Å². The van der Waals surface area contributed by atoms with Gasteiger partial charge in [0.05, 0.1) is 12.9 Å². The zero-order chi connectivity index (χ0) is 7.98. The third-order valence-corrected chi connectivity index (χ3v) is 1.32. The molecule has 0 saturated heterocycles. The molecule has 10 heavy (non-hydrogen) atoms. The standard InChI is InChI=1S/C8H13FO/c1-7(5-4-6-9)8(2)10-3/h4-5H,6H2,1-3H3/b5-4-,8-7+. The molecule has 0 aromatic heterocycles.